The van der Waals surface area contributed by atoms with E-state index in [1.807, 2.05) is 0 Å². The molecule has 1 rings (SSSR count). The van der Waals surface area contributed by atoms with E-state index in [-0.39, 0.29) is 28.9 Å². The molecule has 1 heterocycles. The van der Waals surface area contributed by atoms with Crippen LogP contribution in [0.5, 0.6) is 0 Å². The van der Waals surface area contributed by atoms with Crippen LogP contribution in [0.15, 0.2) is 10.5 Å². The molecule has 0 aliphatic rings. The summed E-state index contributed by atoms with van der Waals surface area (Å²) in [5.41, 5.74) is 3.67. The SMILES string of the molecule is CC(C)(ON=C(C(=O)Cl)c1csc(N)n1)C(=O)O.Cl. The van der Waals surface area contributed by atoms with Gasteiger partial charge in [-0.2, -0.15) is 0 Å². The van der Waals surface area contributed by atoms with Crippen molar-refractivity contribution >= 4 is 57.4 Å². The molecule has 1 aromatic heterocycles. The minimum absolute atomic E-state index is 0. The van der Waals surface area contributed by atoms with Crippen LogP contribution in [-0.2, 0) is 14.4 Å². The summed E-state index contributed by atoms with van der Waals surface area (Å²) >= 11 is 6.42. The van der Waals surface area contributed by atoms with Gasteiger partial charge < -0.3 is 15.7 Å². The highest BCUT2D eigenvalue weighted by atomic mass is 35.5. The summed E-state index contributed by atoms with van der Waals surface area (Å²) in [6.07, 6.45) is 0. The van der Waals surface area contributed by atoms with E-state index in [4.69, 9.17) is 27.3 Å². The molecular weight excluding hydrogens is 317 g/mol. The van der Waals surface area contributed by atoms with Crippen LogP contribution >= 0.6 is 35.3 Å². The number of oxime groups is 1. The van der Waals surface area contributed by atoms with Crippen molar-refractivity contribution in [1.82, 2.24) is 4.98 Å². The van der Waals surface area contributed by atoms with Gasteiger partial charge in [0.15, 0.2) is 10.8 Å². The van der Waals surface area contributed by atoms with Crippen LogP contribution in [-0.4, -0.2) is 32.6 Å². The first-order valence-corrected chi connectivity index (χ1v) is 5.90. The number of rotatable bonds is 5. The van der Waals surface area contributed by atoms with Crippen molar-refractivity contribution in [3.05, 3.63) is 11.1 Å². The fraction of sp³-hybridized carbons (Fsp3) is 0.333. The van der Waals surface area contributed by atoms with E-state index in [1.54, 1.807) is 0 Å². The molecule has 0 amide bonds. The van der Waals surface area contributed by atoms with Crippen molar-refractivity contribution in [3.63, 3.8) is 0 Å². The zero-order chi connectivity index (χ0) is 13.9. The predicted octanol–water partition coefficient (Wildman–Crippen LogP) is 1.50. The number of hydrogen-bond acceptors (Lipinski definition) is 7. The van der Waals surface area contributed by atoms with Crippen LogP contribution < -0.4 is 5.73 Å². The van der Waals surface area contributed by atoms with E-state index in [1.165, 1.54) is 19.2 Å². The lowest BCUT2D eigenvalue weighted by atomic mass is 10.1. The number of carboxylic acid groups (broad SMARTS) is 1. The molecule has 0 unspecified atom stereocenters. The molecule has 10 heteroatoms. The largest absolute Gasteiger partial charge is 0.478 e. The second-order valence-electron chi connectivity index (χ2n) is 3.69. The number of carbonyl (C=O) groups excluding carboxylic acids is 1. The van der Waals surface area contributed by atoms with Crippen molar-refractivity contribution in [2.45, 2.75) is 19.4 Å². The summed E-state index contributed by atoms with van der Waals surface area (Å²) in [5, 5.41) is 13.0. The maximum Gasteiger partial charge on any atom is 0.350 e. The third-order valence-corrected chi connectivity index (χ3v) is 2.68. The second-order valence-corrected chi connectivity index (χ2v) is 4.92. The van der Waals surface area contributed by atoms with E-state index in [0.717, 1.165) is 11.3 Å². The lowest BCUT2D eigenvalue weighted by molar-refractivity contribution is -0.161. The quantitative estimate of drug-likeness (QED) is 0.481. The highest BCUT2D eigenvalue weighted by molar-refractivity contribution is 7.13. The summed E-state index contributed by atoms with van der Waals surface area (Å²) < 4.78 is 0. The first kappa shape index (κ1) is 17.6. The predicted molar refractivity (Wildman–Crippen MR) is 74.0 cm³/mol. The van der Waals surface area contributed by atoms with Gasteiger partial charge in [0.25, 0.3) is 5.24 Å². The lowest BCUT2D eigenvalue weighted by Gasteiger charge is -2.16. The maximum atomic E-state index is 11.2. The smallest absolute Gasteiger partial charge is 0.350 e. The first-order valence-electron chi connectivity index (χ1n) is 4.65. The van der Waals surface area contributed by atoms with Crippen LogP contribution in [0.2, 0.25) is 0 Å². The van der Waals surface area contributed by atoms with Crippen LogP contribution in [0.1, 0.15) is 19.5 Å². The molecule has 0 bridgehead atoms. The molecule has 0 radical (unpaired) electrons. The normalized spacial score (nSPS) is 11.6. The zero-order valence-electron chi connectivity index (χ0n) is 9.92. The van der Waals surface area contributed by atoms with E-state index in [2.05, 4.69) is 10.1 Å². The molecule has 0 aromatic carbocycles. The average Bonchev–Trinajstić information content (AvgIpc) is 2.64. The fourth-order valence-electron chi connectivity index (χ4n) is 0.779. The van der Waals surface area contributed by atoms with Gasteiger partial charge in [0.1, 0.15) is 5.69 Å². The molecule has 0 fully saturated rings. The number of hydrogen-bond donors (Lipinski definition) is 2. The van der Waals surface area contributed by atoms with Gasteiger partial charge in [-0.3, -0.25) is 4.79 Å². The Morgan fingerprint density at radius 2 is 2.16 bits per heavy atom. The van der Waals surface area contributed by atoms with Crippen LogP contribution in [0.3, 0.4) is 0 Å². The number of nitrogens with zero attached hydrogens (tertiary/aromatic N) is 2. The number of nitrogen functional groups attached to an aromatic ring is 1. The van der Waals surface area contributed by atoms with Gasteiger partial charge in [-0.25, -0.2) is 9.78 Å². The Labute approximate surface area is 123 Å². The Balaban J connectivity index is 0.00000324. The van der Waals surface area contributed by atoms with Crippen LogP contribution in [0, 0.1) is 0 Å². The summed E-state index contributed by atoms with van der Waals surface area (Å²) in [5.74, 6) is -1.23. The molecule has 0 aliphatic heterocycles. The summed E-state index contributed by atoms with van der Waals surface area (Å²) in [6, 6.07) is 0. The Kier molecular flexibility index (Phi) is 6.20. The molecule has 3 N–H and O–H groups in total. The van der Waals surface area contributed by atoms with Gasteiger partial charge in [0, 0.05) is 5.38 Å². The molecule has 0 aliphatic carbocycles. The Hall–Kier alpha value is -1.38. The number of carbonyl (C=O) groups is 2. The highest BCUT2D eigenvalue weighted by Crippen LogP contribution is 2.15. The van der Waals surface area contributed by atoms with Gasteiger partial charge in [-0.15, -0.1) is 23.7 Å². The summed E-state index contributed by atoms with van der Waals surface area (Å²) in [6.45, 7) is 2.56. The molecule has 19 heavy (non-hydrogen) atoms. The van der Waals surface area contributed by atoms with E-state index < -0.39 is 16.8 Å². The second kappa shape index (κ2) is 6.69. The van der Waals surface area contributed by atoms with E-state index in [0.29, 0.717) is 0 Å². The maximum absolute atomic E-state index is 11.2. The zero-order valence-corrected chi connectivity index (χ0v) is 12.3. The van der Waals surface area contributed by atoms with Crippen molar-refractivity contribution in [2.24, 2.45) is 5.16 Å². The third-order valence-electron chi connectivity index (χ3n) is 1.83. The minimum Gasteiger partial charge on any atom is -0.478 e. The monoisotopic (exact) mass is 327 g/mol. The van der Waals surface area contributed by atoms with Crippen LogP contribution in [0.25, 0.3) is 0 Å². The molecule has 7 nitrogen and oxygen atoms in total. The molecular formula is C9H11Cl2N3O4S. The standard InChI is InChI=1S/C9H10ClN3O4S.ClH/c1-9(2,7(15)16)17-13-5(6(10)14)4-3-18-8(11)12-4;/h3H,1-2H3,(H2,11,12)(H,15,16);1H. The van der Waals surface area contributed by atoms with E-state index >= 15 is 0 Å². The van der Waals surface area contributed by atoms with Gasteiger partial charge in [0.2, 0.25) is 5.60 Å². The number of anilines is 1. The van der Waals surface area contributed by atoms with Gasteiger partial charge in [-0.05, 0) is 25.4 Å². The van der Waals surface area contributed by atoms with Crippen molar-refractivity contribution in [3.8, 4) is 0 Å². The van der Waals surface area contributed by atoms with E-state index in [9.17, 15) is 9.59 Å². The summed E-state index contributed by atoms with van der Waals surface area (Å²) in [7, 11) is 0. The number of nitrogens with two attached hydrogens (primary N) is 1. The van der Waals surface area contributed by atoms with Crippen LogP contribution in [0.4, 0.5) is 5.13 Å². The first-order chi connectivity index (χ1) is 8.24. The Morgan fingerprint density at radius 3 is 2.53 bits per heavy atom. The molecule has 0 spiro atoms. The molecule has 0 saturated heterocycles. The highest BCUT2D eigenvalue weighted by Gasteiger charge is 2.30. The number of halogens is 2. The molecule has 0 atom stereocenters. The van der Waals surface area contributed by atoms with Crippen molar-refractivity contribution in [2.75, 3.05) is 5.73 Å². The van der Waals surface area contributed by atoms with Gasteiger partial charge in [0.05, 0.1) is 0 Å². The Morgan fingerprint density at radius 1 is 1.58 bits per heavy atom. The minimum atomic E-state index is -1.58. The average molecular weight is 328 g/mol. The number of aromatic nitrogens is 1. The lowest BCUT2D eigenvalue weighted by Crippen LogP contribution is -2.33. The van der Waals surface area contributed by atoms with Crippen molar-refractivity contribution < 1.29 is 19.5 Å². The number of thiazole rings is 1. The van der Waals surface area contributed by atoms with Gasteiger partial charge in [-0.1, -0.05) is 5.16 Å². The third kappa shape index (κ3) is 4.66. The van der Waals surface area contributed by atoms with Gasteiger partial charge >= 0.3 is 5.97 Å². The molecule has 1 aromatic rings. The Bertz CT molecular complexity index is 515. The van der Waals surface area contributed by atoms with Crippen molar-refractivity contribution in [1.29, 1.82) is 0 Å². The number of carboxylic acids is 1. The number of aliphatic carboxylic acids is 1. The molecule has 0 saturated carbocycles. The molecule has 106 valence electrons. The topological polar surface area (TPSA) is 115 Å². The summed E-state index contributed by atoms with van der Waals surface area (Å²) in [4.78, 5) is 30.6. The fourth-order valence-corrected chi connectivity index (χ4v) is 1.46.